The predicted octanol–water partition coefficient (Wildman–Crippen LogP) is 1.36. The molecule has 2 N–H and O–H groups in total. The summed E-state index contributed by atoms with van der Waals surface area (Å²) in [6, 6.07) is 7.79. The zero-order valence-electron chi connectivity index (χ0n) is 7.07. The molecular formula is C9H11BrN2O. The number of nitrogens with zero attached hydrogens (tertiary/aromatic N) is 1. The van der Waals surface area contributed by atoms with Crippen molar-refractivity contribution in [1.29, 1.82) is 0 Å². The molecule has 0 aliphatic heterocycles. The lowest BCUT2D eigenvalue weighted by Crippen LogP contribution is -2.11. The fraction of sp³-hybridized carbons (Fsp3) is 0.222. The van der Waals surface area contributed by atoms with Crippen LogP contribution in [0, 0.1) is 0 Å². The molecule has 4 heteroatoms. The summed E-state index contributed by atoms with van der Waals surface area (Å²) >= 11 is 3.40. The van der Waals surface area contributed by atoms with Gasteiger partial charge in [-0.2, -0.15) is 5.10 Å². The van der Waals surface area contributed by atoms with Crippen molar-refractivity contribution in [2.24, 2.45) is 5.10 Å². The summed E-state index contributed by atoms with van der Waals surface area (Å²) in [4.78, 5) is 0. The van der Waals surface area contributed by atoms with E-state index in [0.29, 0.717) is 6.54 Å². The highest BCUT2D eigenvalue weighted by Gasteiger charge is 1.92. The van der Waals surface area contributed by atoms with E-state index >= 15 is 0 Å². The lowest BCUT2D eigenvalue weighted by Gasteiger charge is -1.97. The highest BCUT2D eigenvalue weighted by molar-refractivity contribution is 9.10. The van der Waals surface area contributed by atoms with Gasteiger partial charge in [-0.05, 0) is 6.07 Å². The van der Waals surface area contributed by atoms with Crippen LogP contribution in [0.15, 0.2) is 33.8 Å². The average Bonchev–Trinajstić information content (AvgIpc) is 2.15. The number of halogens is 1. The zero-order chi connectivity index (χ0) is 9.52. The van der Waals surface area contributed by atoms with Crippen LogP contribution in [0.3, 0.4) is 0 Å². The molecule has 0 spiro atoms. The molecule has 0 aliphatic carbocycles. The maximum Gasteiger partial charge on any atom is 0.0620 e. The maximum atomic E-state index is 8.47. The molecule has 0 saturated heterocycles. The molecule has 13 heavy (non-hydrogen) atoms. The van der Waals surface area contributed by atoms with E-state index in [2.05, 4.69) is 26.5 Å². The number of hydrogen-bond acceptors (Lipinski definition) is 3. The van der Waals surface area contributed by atoms with Gasteiger partial charge in [-0.3, -0.25) is 0 Å². The first-order chi connectivity index (χ1) is 6.34. The van der Waals surface area contributed by atoms with Gasteiger partial charge in [0.25, 0.3) is 0 Å². The van der Waals surface area contributed by atoms with Gasteiger partial charge in [-0.15, -0.1) is 0 Å². The predicted molar refractivity (Wildman–Crippen MR) is 56.8 cm³/mol. The lowest BCUT2D eigenvalue weighted by molar-refractivity contribution is 0.294. The molecule has 1 aromatic carbocycles. The van der Waals surface area contributed by atoms with Crippen molar-refractivity contribution in [2.75, 3.05) is 13.2 Å². The third-order valence-corrected chi connectivity index (χ3v) is 2.15. The Kier molecular flexibility index (Phi) is 4.49. The van der Waals surface area contributed by atoms with Crippen LogP contribution in [0.2, 0.25) is 0 Å². The van der Waals surface area contributed by atoms with Crippen molar-refractivity contribution in [1.82, 2.24) is 5.43 Å². The first-order valence-corrected chi connectivity index (χ1v) is 4.75. The molecule has 0 unspecified atom stereocenters. The largest absolute Gasteiger partial charge is 0.394 e. The van der Waals surface area contributed by atoms with E-state index in [1.165, 1.54) is 0 Å². The quantitative estimate of drug-likeness (QED) is 0.476. The zero-order valence-corrected chi connectivity index (χ0v) is 8.66. The van der Waals surface area contributed by atoms with Crippen LogP contribution in [0.25, 0.3) is 0 Å². The Morgan fingerprint density at radius 1 is 1.46 bits per heavy atom. The smallest absolute Gasteiger partial charge is 0.0620 e. The fourth-order valence-electron chi connectivity index (χ4n) is 0.810. The maximum absolute atomic E-state index is 8.47. The van der Waals surface area contributed by atoms with Gasteiger partial charge in [0.15, 0.2) is 0 Å². The molecular weight excluding hydrogens is 232 g/mol. The topological polar surface area (TPSA) is 44.6 Å². The molecule has 70 valence electrons. The normalized spacial score (nSPS) is 10.6. The molecule has 0 atom stereocenters. The number of aliphatic hydroxyl groups excluding tert-OH is 1. The molecule has 0 fully saturated rings. The Morgan fingerprint density at radius 3 is 2.92 bits per heavy atom. The van der Waals surface area contributed by atoms with Crippen molar-refractivity contribution >= 4 is 22.1 Å². The average molecular weight is 243 g/mol. The molecule has 0 radical (unpaired) electrons. The highest BCUT2D eigenvalue weighted by atomic mass is 79.9. The monoisotopic (exact) mass is 242 g/mol. The van der Waals surface area contributed by atoms with Gasteiger partial charge in [-0.1, -0.05) is 34.1 Å². The number of hydrazone groups is 1. The van der Waals surface area contributed by atoms with Gasteiger partial charge in [0, 0.05) is 10.0 Å². The first-order valence-electron chi connectivity index (χ1n) is 3.96. The Balaban J connectivity index is 2.53. The van der Waals surface area contributed by atoms with E-state index in [-0.39, 0.29) is 6.61 Å². The molecule has 0 aromatic heterocycles. The summed E-state index contributed by atoms with van der Waals surface area (Å²) < 4.78 is 1.00. The third-order valence-electron chi connectivity index (χ3n) is 1.42. The Hall–Kier alpha value is -0.870. The summed E-state index contributed by atoms with van der Waals surface area (Å²) in [6.45, 7) is 0.564. The summed E-state index contributed by atoms with van der Waals surface area (Å²) in [5, 5.41) is 12.4. The van der Waals surface area contributed by atoms with Crippen molar-refractivity contribution < 1.29 is 5.11 Å². The van der Waals surface area contributed by atoms with E-state index in [1.54, 1.807) is 6.21 Å². The molecule has 0 heterocycles. The molecule has 0 bridgehead atoms. The van der Waals surface area contributed by atoms with Crippen molar-refractivity contribution in [2.45, 2.75) is 0 Å². The highest BCUT2D eigenvalue weighted by Crippen LogP contribution is 2.12. The molecule has 0 saturated carbocycles. The van der Waals surface area contributed by atoms with Crippen LogP contribution >= 0.6 is 15.9 Å². The van der Waals surface area contributed by atoms with Gasteiger partial charge < -0.3 is 10.5 Å². The van der Waals surface area contributed by atoms with Gasteiger partial charge in [0.05, 0.1) is 19.4 Å². The minimum absolute atomic E-state index is 0.0906. The molecule has 0 aliphatic rings. The molecule has 0 amide bonds. The molecule has 1 rings (SSSR count). The van der Waals surface area contributed by atoms with Crippen LogP contribution in [0.4, 0.5) is 0 Å². The number of nitrogens with one attached hydrogen (secondary N) is 1. The number of benzene rings is 1. The van der Waals surface area contributed by atoms with E-state index < -0.39 is 0 Å². The van der Waals surface area contributed by atoms with Crippen LogP contribution < -0.4 is 5.43 Å². The van der Waals surface area contributed by atoms with Crippen molar-refractivity contribution in [3.05, 3.63) is 34.3 Å². The second kappa shape index (κ2) is 5.72. The Morgan fingerprint density at radius 2 is 2.23 bits per heavy atom. The van der Waals surface area contributed by atoms with Crippen LogP contribution in [0.5, 0.6) is 0 Å². The number of aliphatic hydroxyl groups is 1. The first kappa shape index (κ1) is 10.2. The molecule has 3 nitrogen and oxygen atoms in total. The van der Waals surface area contributed by atoms with Gasteiger partial charge in [-0.25, -0.2) is 0 Å². The summed E-state index contributed by atoms with van der Waals surface area (Å²) in [6.07, 6.45) is 1.71. The Labute approximate surface area is 85.6 Å². The second-order valence-electron chi connectivity index (χ2n) is 2.41. The third kappa shape index (κ3) is 3.57. The Bertz CT molecular complexity index is 289. The standard InChI is InChI=1S/C9H11BrN2O/c10-9-4-2-1-3-8(9)7-12-11-5-6-13/h1-4,7,11,13H,5-6H2. The SMILES string of the molecule is OCCNN=Cc1ccccc1Br. The minimum Gasteiger partial charge on any atom is -0.394 e. The minimum atomic E-state index is 0.0906. The molecule has 1 aromatic rings. The second-order valence-corrected chi connectivity index (χ2v) is 3.27. The van der Waals surface area contributed by atoms with Crippen LogP contribution in [-0.2, 0) is 0 Å². The van der Waals surface area contributed by atoms with Gasteiger partial charge in [0.2, 0.25) is 0 Å². The van der Waals surface area contributed by atoms with Gasteiger partial charge in [0.1, 0.15) is 0 Å². The van der Waals surface area contributed by atoms with E-state index in [0.717, 1.165) is 10.0 Å². The fourth-order valence-corrected chi connectivity index (χ4v) is 1.20. The van der Waals surface area contributed by atoms with E-state index in [9.17, 15) is 0 Å². The summed E-state index contributed by atoms with van der Waals surface area (Å²) in [5.41, 5.74) is 3.72. The van der Waals surface area contributed by atoms with Crippen molar-refractivity contribution in [3.63, 3.8) is 0 Å². The summed E-state index contributed by atoms with van der Waals surface area (Å²) in [7, 11) is 0. The van der Waals surface area contributed by atoms with Crippen LogP contribution in [-0.4, -0.2) is 24.5 Å². The van der Waals surface area contributed by atoms with E-state index in [1.807, 2.05) is 24.3 Å². The van der Waals surface area contributed by atoms with Crippen LogP contribution in [0.1, 0.15) is 5.56 Å². The van der Waals surface area contributed by atoms with E-state index in [4.69, 9.17) is 5.11 Å². The summed E-state index contributed by atoms with van der Waals surface area (Å²) in [5.74, 6) is 0. The number of rotatable bonds is 4. The lowest BCUT2D eigenvalue weighted by atomic mass is 10.2. The van der Waals surface area contributed by atoms with Crippen molar-refractivity contribution in [3.8, 4) is 0 Å². The van der Waals surface area contributed by atoms with Gasteiger partial charge >= 0.3 is 0 Å². The number of hydrogen-bond donors (Lipinski definition) is 2.